The van der Waals surface area contributed by atoms with E-state index in [0.29, 0.717) is 22.2 Å². The SMILES string of the molecule is Cc1cc(Oc2c(F)cccc2F)ncc1-n1ncc(C(=O)c2cc3cc(F)c(N4C(=O)NC5(COC5)C4=O)cc3[nH]2)c1N. The number of anilines is 2. The number of halogens is 3. The van der Waals surface area contributed by atoms with E-state index in [9.17, 15) is 23.2 Å². The fourth-order valence-corrected chi connectivity index (χ4v) is 5.13. The Morgan fingerprint density at radius 3 is 2.45 bits per heavy atom. The number of nitrogen functional groups attached to an aromatic ring is 1. The molecule has 2 aliphatic rings. The Kier molecular flexibility index (Phi) is 5.97. The number of nitrogens with one attached hydrogen (secondary N) is 2. The minimum Gasteiger partial charge on any atom is -0.433 e. The monoisotopic (exact) mass is 603 g/mol. The van der Waals surface area contributed by atoms with Crippen LogP contribution in [0, 0.1) is 24.4 Å². The number of ketones is 1. The maximum atomic E-state index is 15.1. The lowest BCUT2D eigenvalue weighted by Crippen LogP contribution is -2.62. The van der Waals surface area contributed by atoms with Gasteiger partial charge in [0, 0.05) is 17.0 Å². The maximum absolute atomic E-state index is 15.1. The van der Waals surface area contributed by atoms with Gasteiger partial charge < -0.3 is 25.5 Å². The summed E-state index contributed by atoms with van der Waals surface area (Å²) >= 11 is 0. The Morgan fingerprint density at radius 2 is 1.80 bits per heavy atom. The maximum Gasteiger partial charge on any atom is 0.329 e. The van der Waals surface area contributed by atoms with E-state index in [1.807, 2.05) is 0 Å². The van der Waals surface area contributed by atoms with Crippen molar-refractivity contribution < 1.29 is 37.0 Å². The lowest BCUT2D eigenvalue weighted by Gasteiger charge is -2.34. The van der Waals surface area contributed by atoms with E-state index in [0.717, 1.165) is 23.1 Å². The molecule has 2 fully saturated rings. The molecule has 2 saturated heterocycles. The van der Waals surface area contributed by atoms with Gasteiger partial charge in [0.25, 0.3) is 5.91 Å². The number of hydrogen-bond acceptors (Lipinski definition) is 8. The highest BCUT2D eigenvalue weighted by Gasteiger charge is 2.57. The normalized spacial score (nSPS) is 15.6. The summed E-state index contributed by atoms with van der Waals surface area (Å²) in [5.41, 5.74) is 6.07. The molecule has 4 N–H and O–H groups in total. The first kappa shape index (κ1) is 27.2. The molecule has 3 aromatic heterocycles. The van der Waals surface area contributed by atoms with Crippen molar-refractivity contribution in [3.8, 4) is 17.3 Å². The largest absolute Gasteiger partial charge is 0.433 e. The van der Waals surface area contributed by atoms with Gasteiger partial charge in [0.2, 0.25) is 17.4 Å². The molecule has 0 atom stereocenters. The van der Waals surface area contributed by atoms with Gasteiger partial charge in [0.15, 0.2) is 17.2 Å². The number of pyridine rings is 1. The number of amides is 3. The minimum absolute atomic E-state index is 0.00461. The quantitative estimate of drug-likeness (QED) is 0.195. The molecule has 0 aliphatic carbocycles. The number of fused-ring (bicyclic) bond motifs is 1. The van der Waals surface area contributed by atoms with Crippen LogP contribution in [0.3, 0.4) is 0 Å². The van der Waals surface area contributed by atoms with Gasteiger partial charge in [-0.05, 0) is 42.8 Å². The summed E-state index contributed by atoms with van der Waals surface area (Å²) in [7, 11) is 0. The smallest absolute Gasteiger partial charge is 0.329 e. The van der Waals surface area contributed by atoms with E-state index in [4.69, 9.17) is 15.2 Å². The summed E-state index contributed by atoms with van der Waals surface area (Å²) in [6.07, 6.45) is 2.57. The number of carbonyl (C=O) groups is 3. The summed E-state index contributed by atoms with van der Waals surface area (Å²) < 4.78 is 54.7. The molecule has 44 heavy (non-hydrogen) atoms. The van der Waals surface area contributed by atoms with E-state index in [2.05, 4.69) is 20.4 Å². The van der Waals surface area contributed by atoms with Crippen molar-refractivity contribution >= 4 is 40.1 Å². The van der Waals surface area contributed by atoms with Crippen LogP contribution in [0.5, 0.6) is 11.6 Å². The predicted molar refractivity (Wildman–Crippen MR) is 148 cm³/mol. The second-order valence-electron chi connectivity index (χ2n) is 10.4. The summed E-state index contributed by atoms with van der Waals surface area (Å²) in [5.74, 6) is -4.52. The van der Waals surface area contributed by atoms with Crippen LogP contribution < -0.4 is 20.7 Å². The number of nitrogens with two attached hydrogens (primary N) is 1. The second kappa shape index (κ2) is 9.67. The van der Waals surface area contributed by atoms with E-state index in [1.54, 1.807) is 6.92 Å². The number of aromatic amines is 1. The Hall–Kier alpha value is -5.70. The average molecular weight is 604 g/mol. The van der Waals surface area contributed by atoms with E-state index < -0.39 is 46.5 Å². The standard InChI is InChI=1S/C29H20F3N7O5/c1-13-5-23(44-25-16(30)3-2-4-17(25)31)34-10-22(13)39-26(33)15(9-35-39)24(40)20-7-14-6-18(32)21(8-19(14)36-20)38-27(41)29(11-43-12-29)37-28(38)42/h2-10,36H,11-12,33H2,1H3,(H,37,42). The van der Waals surface area contributed by atoms with Gasteiger partial charge in [-0.2, -0.15) is 5.10 Å². The number of nitrogens with zero attached hydrogens (tertiary/aromatic N) is 4. The molecule has 0 bridgehead atoms. The Balaban J connectivity index is 1.16. The lowest BCUT2D eigenvalue weighted by molar-refractivity contribution is -0.139. The van der Waals surface area contributed by atoms with Crippen molar-refractivity contribution in [1.82, 2.24) is 25.1 Å². The molecule has 0 unspecified atom stereocenters. The number of ether oxygens (including phenoxy) is 2. The first-order valence-electron chi connectivity index (χ1n) is 13.1. The van der Waals surface area contributed by atoms with Crippen LogP contribution in [-0.2, 0) is 9.53 Å². The average Bonchev–Trinajstić information content (AvgIpc) is 3.63. The van der Waals surface area contributed by atoms with E-state index in [1.165, 1.54) is 41.3 Å². The number of carbonyl (C=O) groups excluding carboxylic acids is 3. The Morgan fingerprint density at radius 1 is 1.05 bits per heavy atom. The van der Waals surface area contributed by atoms with Crippen molar-refractivity contribution in [2.24, 2.45) is 0 Å². The first-order valence-corrected chi connectivity index (χ1v) is 13.1. The van der Waals surface area contributed by atoms with Crippen LogP contribution in [-0.4, -0.2) is 56.2 Å². The summed E-state index contributed by atoms with van der Waals surface area (Å²) in [6, 6.07) is 7.77. The summed E-state index contributed by atoms with van der Waals surface area (Å²) in [5, 5.41) is 7.07. The van der Waals surface area contributed by atoms with Crippen LogP contribution in [0.15, 0.2) is 54.9 Å². The van der Waals surface area contributed by atoms with Gasteiger partial charge in [-0.3, -0.25) is 9.59 Å². The first-order chi connectivity index (χ1) is 21.1. The van der Waals surface area contributed by atoms with Crippen LogP contribution in [0.4, 0.5) is 29.5 Å². The van der Waals surface area contributed by atoms with Crippen LogP contribution >= 0.6 is 0 Å². The number of urea groups is 1. The molecule has 0 saturated carbocycles. The number of H-pyrrole nitrogens is 1. The molecule has 1 spiro atoms. The van der Waals surface area contributed by atoms with Crippen LogP contribution in [0.1, 0.15) is 21.6 Å². The summed E-state index contributed by atoms with van der Waals surface area (Å²) in [4.78, 5) is 46.6. The Labute approximate surface area is 245 Å². The number of aromatic nitrogens is 4. The molecule has 12 nitrogen and oxygen atoms in total. The molecule has 0 radical (unpaired) electrons. The highest BCUT2D eigenvalue weighted by Crippen LogP contribution is 2.34. The number of aryl methyl sites for hydroxylation is 1. The zero-order valence-corrected chi connectivity index (χ0v) is 22.7. The highest BCUT2D eigenvalue weighted by molar-refractivity contribution is 6.24. The molecule has 3 amide bonds. The molecule has 15 heteroatoms. The molecule has 2 aliphatic heterocycles. The van der Waals surface area contributed by atoms with Crippen molar-refractivity contribution in [2.75, 3.05) is 23.8 Å². The third kappa shape index (κ3) is 4.08. The fourth-order valence-electron chi connectivity index (χ4n) is 5.13. The second-order valence-corrected chi connectivity index (χ2v) is 10.4. The van der Waals surface area contributed by atoms with Gasteiger partial charge in [-0.15, -0.1) is 0 Å². The van der Waals surface area contributed by atoms with Gasteiger partial charge in [-0.25, -0.2) is 32.5 Å². The van der Waals surface area contributed by atoms with Crippen molar-refractivity contribution in [2.45, 2.75) is 12.5 Å². The van der Waals surface area contributed by atoms with Crippen molar-refractivity contribution in [3.05, 3.63) is 89.1 Å². The molecule has 2 aromatic carbocycles. The van der Waals surface area contributed by atoms with Gasteiger partial charge >= 0.3 is 6.03 Å². The number of benzene rings is 2. The topological polar surface area (TPSA) is 157 Å². The molecule has 222 valence electrons. The van der Waals surface area contributed by atoms with Gasteiger partial charge in [-0.1, -0.05) is 6.07 Å². The Bertz CT molecular complexity index is 2030. The van der Waals surface area contributed by atoms with Crippen molar-refractivity contribution in [3.63, 3.8) is 0 Å². The third-order valence-corrected chi connectivity index (χ3v) is 7.50. The highest BCUT2D eigenvalue weighted by atomic mass is 19.1. The van der Waals surface area contributed by atoms with Gasteiger partial charge in [0.1, 0.15) is 11.6 Å². The number of para-hydroxylation sites is 1. The molecule has 5 heterocycles. The zero-order valence-electron chi connectivity index (χ0n) is 22.7. The van der Waals surface area contributed by atoms with E-state index >= 15 is 4.39 Å². The van der Waals surface area contributed by atoms with Crippen molar-refractivity contribution in [1.29, 1.82) is 0 Å². The third-order valence-electron chi connectivity index (χ3n) is 7.50. The number of imide groups is 1. The molecular weight excluding hydrogens is 583 g/mol. The fraction of sp³-hybridized carbons (Fsp3) is 0.138. The molecule has 7 rings (SSSR count). The minimum atomic E-state index is -1.20. The number of hydrogen-bond donors (Lipinski definition) is 3. The molecular formula is C29H20F3N7O5. The van der Waals surface area contributed by atoms with Crippen LogP contribution in [0.25, 0.3) is 16.6 Å². The number of rotatable bonds is 6. The summed E-state index contributed by atoms with van der Waals surface area (Å²) in [6.45, 7) is 1.66. The predicted octanol–water partition coefficient (Wildman–Crippen LogP) is 3.91. The van der Waals surface area contributed by atoms with Crippen LogP contribution in [0.2, 0.25) is 0 Å². The lowest BCUT2D eigenvalue weighted by atomic mass is 9.98. The van der Waals surface area contributed by atoms with E-state index in [-0.39, 0.29) is 41.9 Å². The zero-order chi connectivity index (χ0) is 30.9. The van der Waals surface area contributed by atoms with Gasteiger partial charge in [0.05, 0.1) is 48.2 Å². The molecule has 5 aromatic rings.